The molecular formula is C36H44F2N4O4. The van der Waals surface area contributed by atoms with E-state index in [0.717, 1.165) is 46.6 Å². The Morgan fingerprint density at radius 3 is 1.87 bits per heavy atom. The SMILES string of the molecule is CC(C)(C)OC(=O)N1CC=C(c2c[nH]c3cc(F)ccc23)CC1.CC(C)(C)OC(=O)N1CCC(c2c[nH]c3cc(F)ccc23)CC1. The molecule has 10 heteroatoms. The van der Waals surface area contributed by atoms with Crippen molar-refractivity contribution in [2.24, 2.45) is 0 Å². The van der Waals surface area contributed by atoms with Crippen molar-refractivity contribution in [3.63, 3.8) is 0 Å². The third kappa shape index (κ3) is 8.08. The van der Waals surface area contributed by atoms with Crippen LogP contribution in [0.3, 0.4) is 0 Å². The van der Waals surface area contributed by atoms with Crippen LogP contribution in [0.1, 0.15) is 77.8 Å². The van der Waals surface area contributed by atoms with E-state index in [1.54, 1.807) is 15.9 Å². The number of piperidine rings is 1. The number of carbonyl (C=O) groups excluding carboxylic acids is 2. The Kier molecular flexibility index (Phi) is 9.47. The highest BCUT2D eigenvalue weighted by molar-refractivity contribution is 5.93. The first-order chi connectivity index (χ1) is 21.7. The fourth-order valence-electron chi connectivity index (χ4n) is 5.93. The number of nitrogens with one attached hydrogen (secondary N) is 2. The van der Waals surface area contributed by atoms with Crippen molar-refractivity contribution >= 4 is 39.6 Å². The number of amides is 2. The van der Waals surface area contributed by atoms with Gasteiger partial charge in [-0.3, -0.25) is 0 Å². The van der Waals surface area contributed by atoms with E-state index in [-0.39, 0.29) is 23.8 Å². The van der Waals surface area contributed by atoms with Crippen LogP contribution in [0.5, 0.6) is 0 Å². The highest BCUT2D eigenvalue weighted by atomic mass is 19.1. The van der Waals surface area contributed by atoms with Gasteiger partial charge in [-0.05, 0) is 114 Å². The van der Waals surface area contributed by atoms with Crippen molar-refractivity contribution < 1.29 is 27.8 Å². The minimum atomic E-state index is -0.484. The van der Waals surface area contributed by atoms with Gasteiger partial charge in [0.05, 0.1) is 0 Å². The molecule has 0 radical (unpaired) electrons. The van der Waals surface area contributed by atoms with Gasteiger partial charge in [-0.25, -0.2) is 18.4 Å². The Morgan fingerprint density at radius 2 is 1.30 bits per heavy atom. The van der Waals surface area contributed by atoms with E-state index in [1.165, 1.54) is 35.4 Å². The summed E-state index contributed by atoms with van der Waals surface area (Å²) in [7, 11) is 0. The molecule has 0 bridgehead atoms. The molecule has 0 saturated carbocycles. The number of hydrogen-bond donors (Lipinski definition) is 2. The molecule has 246 valence electrons. The maximum Gasteiger partial charge on any atom is 0.410 e. The monoisotopic (exact) mass is 634 g/mol. The van der Waals surface area contributed by atoms with Gasteiger partial charge in [0.1, 0.15) is 22.8 Å². The molecule has 2 N–H and O–H groups in total. The molecule has 2 aromatic heterocycles. The van der Waals surface area contributed by atoms with Crippen LogP contribution < -0.4 is 0 Å². The number of nitrogens with zero attached hydrogens (tertiary/aromatic N) is 2. The van der Waals surface area contributed by atoms with Crippen LogP contribution in [0.15, 0.2) is 54.9 Å². The summed E-state index contributed by atoms with van der Waals surface area (Å²) in [4.78, 5) is 33.9. The van der Waals surface area contributed by atoms with Gasteiger partial charge in [0, 0.05) is 65.9 Å². The quantitative estimate of drug-likeness (QED) is 0.231. The van der Waals surface area contributed by atoms with Gasteiger partial charge in [-0.15, -0.1) is 0 Å². The molecule has 0 atom stereocenters. The van der Waals surface area contributed by atoms with Crippen molar-refractivity contribution in [2.45, 2.75) is 77.9 Å². The highest BCUT2D eigenvalue weighted by Gasteiger charge is 2.29. The van der Waals surface area contributed by atoms with Gasteiger partial charge in [-0.2, -0.15) is 0 Å². The van der Waals surface area contributed by atoms with Crippen LogP contribution in [0.2, 0.25) is 0 Å². The molecule has 2 aliphatic heterocycles. The average Bonchev–Trinajstić information content (AvgIpc) is 3.59. The summed E-state index contributed by atoms with van der Waals surface area (Å²) in [5, 5.41) is 2.07. The number of aromatic nitrogens is 2. The molecule has 0 spiro atoms. The van der Waals surface area contributed by atoms with Crippen LogP contribution in [-0.4, -0.2) is 69.3 Å². The maximum absolute atomic E-state index is 13.3. The third-order valence-electron chi connectivity index (χ3n) is 8.11. The van der Waals surface area contributed by atoms with Gasteiger partial charge < -0.3 is 29.2 Å². The lowest BCUT2D eigenvalue weighted by molar-refractivity contribution is 0.0203. The fourth-order valence-corrected chi connectivity index (χ4v) is 5.93. The second kappa shape index (κ2) is 13.2. The summed E-state index contributed by atoms with van der Waals surface area (Å²) < 4.78 is 37.4. The van der Waals surface area contributed by atoms with Crippen molar-refractivity contribution in [3.05, 3.63) is 77.6 Å². The largest absolute Gasteiger partial charge is 0.444 e. The highest BCUT2D eigenvalue weighted by Crippen LogP contribution is 2.34. The number of benzene rings is 2. The Bertz CT molecular complexity index is 1740. The molecule has 46 heavy (non-hydrogen) atoms. The molecule has 8 nitrogen and oxygen atoms in total. The summed E-state index contributed by atoms with van der Waals surface area (Å²) in [5.74, 6) is -0.0989. The zero-order valence-electron chi connectivity index (χ0n) is 27.5. The first kappa shape index (κ1) is 33.0. The molecular weight excluding hydrogens is 590 g/mol. The van der Waals surface area contributed by atoms with E-state index in [0.29, 0.717) is 32.1 Å². The molecule has 6 rings (SSSR count). The number of carbonyl (C=O) groups is 2. The second-order valence-corrected chi connectivity index (χ2v) is 14.0. The van der Waals surface area contributed by atoms with Crippen molar-refractivity contribution in [3.8, 4) is 0 Å². The summed E-state index contributed by atoms with van der Waals surface area (Å²) in [6.07, 6.45) is 7.93. The van der Waals surface area contributed by atoms with E-state index in [1.807, 2.05) is 66.1 Å². The minimum absolute atomic E-state index is 0.231. The van der Waals surface area contributed by atoms with Crippen LogP contribution in [0.25, 0.3) is 27.4 Å². The summed E-state index contributed by atoms with van der Waals surface area (Å²) in [6.45, 7) is 13.7. The maximum atomic E-state index is 13.3. The van der Waals surface area contributed by atoms with E-state index >= 15 is 0 Å². The summed E-state index contributed by atoms with van der Waals surface area (Å²) >= 11 is 0. The number of H-pyrrole nitrogens is 2. The lowest BCUT2D eigenvalue weighted by atomic mass is 9.89. The van der Waals surface area contributed by atoms with Crippen LogP contribution >= 0.6 is 0 Å². The number of fused-ring (bicyclic) bond motifs is 2. The number of rotatable bonds is 2. The van der Waals surface area contributed by atoms with Crippen LogP contribution in [0, 0.1) is 11.6 Å². The predicted octanol–water partition coefficient (Wildman–Crippen LogP) is 8.75. The summed E-state index contributed by atoms with van der Waals surface area (Å²) in [6, 6.07) is 9.60. The number of ether oxygens (including phenoxy) is 2. The molecule has 2 amide bonds. The number of hydrogen-bond acceptors (Lipinski definition) is 4. The normalized spacial score (nSPS) is 16.2. The van der Waals surface area contributed by atoms with Crippen molar-refractivity contribution in [1.29, 1.82) is 0 Å². The Balaban J connectivity index is 0.000000181. The molecule has 4 heterocycles. The lowest BCUT2D eigenvalue weighted by Gasteiger charge is -2.33. The molecule has 2 aliphatic rings. The van der Waals surface area contributed by atoms with Crippen molar-refractivity contribution in [1.82, 2.24) is 19.8 Å². The van der Waals surface area contributed by atoms with Gasteiger partial charge >= 0.3 is 12.2 Å². The molecule has 0 unspecified atom stereocenters. The molecule has 1 saturated heterocycles. The van der Waals surface area contributed by atoms with Gasteiger partial charge in [0.2, 0.25) is 0 Å². The Labute approximate surface area is 268 Å². The first-order valence-corrected chi connectivity index (χ1v) is 15.9. The van der Waals surface area contributed by atoms with E-state index in [4.69, 9.17) is 9.47 Å². The smallest absolute Gasteiger partial charge is 0.410 e. The first-order valence-electron chi connectivity index (χ1n) is 15.9. The molecule has 4 aromatic rings. The molecule has 0 aliphatic carbocycles. The predicted molar refractivity (Wildman–Crippen MR) is 177 cm³/mol. The number of likely N-dealkylation sites (tertiary alicyclic amines) is 1. The molecule has 2 aromatic carbocycles. The van der Waals surface area contributed by atoms with E-state index in [9.17, 15) is 18.4 Å². The van der Waals surface area contributed by atoms with Crippen LogP contribution in [0.4, 0.5) is 18.4 Å². The van der Waals surface area contributed by atoms with Crippen molar-refractivity contribution in [2.75, 3.05) is 26.2 Å². The zero-order valence-corrected chi connectivity index (χ0v) is 27.5. The van der Waals surface area contributed by atoms with E-state index < -0.39 is 11.2 Å². The lowest BCUT2D eigenvalue weighted by Crippen LogP contribution is -2.41. The number of aromatic amines is 2. The van der Waals surface area contributed by atoms with Gasteiger partial charge in [-0.1, -0.05) is 6.08 Å². The van der Waals surface area contributed by atoms with E-state index in [2.05, 4.69) is 9.97 Å². The minimum Gasteiger partial charge on any atom is -0.444 e. The fraction of sp³-hybridized carbons (Fsp3) is 0.444. The van der Waals surface area contributed by atoms with Gasteiger partial charge in [0.15, 0.2) is 0 Å². The Hall–Kier alpha value is -4.34. The standard InChI is InChI=1S/C18H23FN2O2.C18H21FN2O2/c2*1-18(2,3)23-17(22)21-8-6-12(7-9-21)15-11-20-16-10-13(19)4-5-14(15)16/h4-5,10-12,20H,6-9H2,1-3H3;4-6,10-11,20H,7-9H2,1-3H3. The third-order valence-corrected chi connectivity index (χ3v) is 8.11. The van der Waals surface area contributed by atoms with Gasteiger partial charge in [0.25, 0.3) is 0 Å². The average molecular weight is 635 g/mol. The summed E-state index contributed by atoms with van der Waals surface area (Å²) in [5.41, 5.74) is 4.12. The number of halogens is 2. The molecule has 1 fully saturated rings. The zero-order chi connectivity index (χ0) is 33.2. The topological polar surface area (TPSA) is 90.7 Å². The Morgan fingerprint density at radius 1 is 0.761 bits per heavy atom. The van der Waals surface area contributed by atoms with Crippen LogP contribution in [-0.2, 0) is 9.47 Å². The second-order valence-electron chi connectivity index (χ2n) is 14.0.